The normalized spacial score (nSPS) is 19.7. The number of nitrogens with two attached hydrogens (primary N) is 2. The van der Waals surface area contributed by atoms with Gasteiger partial charge in [0.05, 0.1) is 5.41 Å². The van der Waals surface area contributed by atoms with Gasteiger partial charge in [0, 0.05) is 6.54 Å². The molecular weight excluding hydrogens is 194 g/mol. The van der Waals surface area contributed by atoms with Crippen LogP contribution in [0.25, 0.3) is 0 Å². The minimum atomic E-state index is -0.596. The van der Waals surface area contributed by atoms with Crippen LogP contribution >= 0.6 is 0 Å². The Kier molecular flexibility index (Phi) is 3.34. The molecule has 15 heavy (non-hydrogen) atoms. The number of carbonyl (C=O) groups excluding carboxylic acids is 2. The van der Waals surface area contributed by atoms with Gasteiger partial charge >= 0.3 is 0 Å². The standard InChI is InChI=1S/C10H19N3O2/c1-6(2)7(8(12)14)13-9(15)10(5-11)3-4-10/h6-7H,3-5,11H2,1-2H3,(H2,12,14)(H,13,15). The van der Waals surface area contributed by atoms with E-state index in [2.05, 4.69) is 5.32 Å². The van der Waals surface area contributed by atoms with Crippen molar-refractivity contribution in [1.82, 2.24) is 5.32 Å². The van der Waals surface area contributed by atoms with Crippen molar-refractivity contribution in [1.29, 1.82) is 0 Å². The molecule has 0 bridgehead atoms. The molecule has 1 rings (SSSR count). The van der Waals surface area contributed by atoms with Crippen LogP contribution in [0.5, 0.6) is 0 Å². The second-order valence-corrected chi connectivity index (χ2v) is 4.58. The van der Waals surface area contributed by atoms with Crippen LogP contribution in [0.2, 0.25) is 0 Å². The van der Waals surface area contributed by atoms with Crippen molar-refractivity contribution in [3.05, 3.63) is 0 Å². The van der Waals surface area contributed by atoms with Crippen LogP contribution in [0, 0.1) is 11.3 Å². The van der Waals surface area contributed by atoms with Crippen molar-refractivity contribution in [2.45, 2.75) is 32.7 Å². The molecule has 0 heterocycles. The second kappa shape index (κ2) is 4.18. The zero-order chi connectivity index (χ0) is 11.6. The number of primary amides is 1. The smallest absolute Gasteiger partial charge is 0.240 e. The van der Waals surface area contributed by atoms with E-state index in [9.17, 15) is 9.59 Å². The highest BCUT2D eigenvalue weighted by atomic mass is 16.2. The summed E-state index contributed by atoms with van der Waals surface area (Å²) in [5.41, 5.74) is 10.3. The molecule has 2 amide bonds. The highest BCUT2D eigenvalue weighted by Crippen LogP contribution is 2.44. The molecule has 1 atom stereocenters. The minimum absolute atomic E-state index is 0.0000227. The number of carbonyl (C=O) groups is 2. The maximum atomic E-state index is 11.8. The number of hydrogen-bond acceptors (Lipinski definition) is 3. The van der Waals surface area contributed by atoms with E-state index in [0.717, 1.165) is 12.8 Å². The summed E-state index contributed by atoms with van der Waals surface area (Å²) in [6, 6.07) is -0.596. The van der Waals surface area contributed by atoms with E-state index in [0.29, 0.717) is 6.54 Å². The van der Waals surface area contributed by atoms with Gasteiger partial charge in [-0.2, -0.15) is 0 Å². The Bertz CT molecular complexity index is 272. The molecule has 0 aromatic rings. The van der Waals surface area contributed by atoms with E-state index < -0.39 is 17.4 Å². The predicted octanol–water partition coefficient (Wildman–Crippen LogP) is -0.649. The van der Waals surface area contributed by atoms with Crippen LogP contribution in [-0.2, 0) is 9.59 Å². The molecule has 0 spiro atoms. The first kappa shape index (κ1) is 12.0. The zero-order valence-corrected chi connectivity index (χ0v) is 9.25. The average molecular weight is 213 g/mol. The van der Waals surface area contributed by atoms with Gasteiger partial charge in [-0.05, 0) is 18.8 Å². The fourth-order valence-corrected chi connectivity index (χ4v) is 1.54. The van der Waals surface area contributed by atoms with Crippen LogP contribution < -0.4 is 16.8 Å². The van der Waals surface area contributed by atoms with Gasteiger partial charge < -0.3 is 16.8 Å². The van der Waals surface area contributed by atoms with E-state index in [1.54, 1.807) is 0 Å². The van der Waals surface area contributed by atoms with Crippen molar-refractivity contribution in [2.24, 2.45) is 22.8 Å². The van der Waals surface area contributed by atoms with Crippen LogP contribution in [0.15, 0.2) is 0 Å². The summed E-state index contributed by atoms with van der Waals surface area (Å²) in [6.07, 6.45) is 1.61. The van der Waals surface area contributed by atoms with E-state index in [1.807, 2.05) is 13.8 Å². The molecule has 1 aliphatic rings. The number of amides is 2. The highest BCUT2D eigenvalue weighted by molar-refractivity contribution is 5.91. The maximum absolute atomic E-state index is 11.8. The van der Waals surface area contributed by atoms with Crippen LogP contribution in [-0.4, -0.2) is 24.4 Å². The monoisotopic (exact) mass is 213 g/mol. The van der Waals surface area contributed by atoms with Gasteiger partial charge in [-0.3, -0.25) is 9.59 Å². The van der Waals surface area contributed by atoms with Gasteiger partial charge in [-0.15, -0.1) is 0 Å². The van der Waals surface area contributed by atoms with Gasteiger partial charge in [0.15, 0.2) is 0 Å². The van der Waals surface area contributed by atoms with Gasteiger partial charge in [0.25, 0.3) is 0 Å². The van der Waals surface area contributed by atoms with E-state index >= 15 is 0 Å². The Hall–Kier alpha value is -1.10. The lowest BCUT2D eigenvalue weighted by molar-refractivity contribution is -0.131. The van der Waals surface area contributed by atoms with E-state index in [1.165, 1.54) is 0 Å². The Balaban J connectivity index is 2.59. The van der Waals surface area contributed by atoms with Crippen LogP contribution in [0.4, 0.5) is 0 Å². The molecule has 5 nitrogen and oxygen atoms in total. The molecule has 0 aromatic carbocycles. The van der Waals surface area contributed by atoms with Crippen LogP contribution in [0.3, 0.4) is 0 Å². The lowest BCUT2D eigenvalue weighted by Crippen LogP contribution is -2.51. The average Bonchev–Trinajstić information content (AvgIpc) is 2.93. The third-order valence-corrected chi connectivity index (χ3v) is 2.99. The molecule has 0 aromatic heterocycles. The van der Waals surface area contributed by atoms with Crippen molar-refractivity contribution < 1.29 is 9.59 Å². The summed E-state index contributed by atoms with van der Waals surface area (Å²) in [6.45, 7) is 4.03. The Morgan fingerprint density at radius 2 is 1.93 bits per heavy atom. The third-order valence-electron chi connectivity index (χ3n) is 2.99. The van der Waals surface area contributed by atoms with E-state index in [4.69, 9.17) is 11.5 Å². The lowest BCUT2D eigenvalue weighted by Gasteiger charge is -2.22. The fraction of sp³-hybridized carbons (Fsp3) is 0.800. The van der Waals surface area contributed by atoms with Crippen LogP contribution in [0.1, 0.15) is 26.7 Å². The van der Waals surface area contributed by atoms with Crippen molar-refractivity contribution in [2.75, 3.05) is 6.54 Å². The molecule has 0 aliphatic heterocycles. The maximum Gasteiger partial charge on any atom is 0.240 e. The summed E-state index contributed by atoms with van der Waals surface area (Å²) < 4.78 is 0. The summed E-state index contributed by atoms with van der Waals surface area (Å²) >= 11 is 0. The molecular formula is C10H19N3O2. The van der Waals surface area contributed by atoms with Crippen molar-refractivity contribution in [3.8, 4) is 0 Å². The molecule has 1 unspecified atom stereocenters. The summed E-state index contributed by atoms with van der Waals surface area (Å²) in [7, 11) is 0. The third kappa shape index (κ3) is 2.47. The summed E-state index contributed by atoms with van der Waals surface area (Å²) in [4.78, 5) is 22.9. The molecule has 5 N–H and O–H groups in total. The van der Waals surface area contributed by atoms with Gasteiger partial charge in [0.1, 0.15) is 6.04 Å². The summed E-state index contributed by atoms with van der Waals surface area (Å²) in [5, 5.41) is 2.68. The molecule has 1 aliphatic carbocycles. The molecule has 1 saturated carbocycles. The van der Waals surface area contributed by atoms with Crippen molar-refractivity contribution >= 4 is 11.8 Å². The number of rotatable bonds is 5. The Morgan fingerprint density at radius 3 is 2.20 bits per heavy atom. The number of hydrogen-bond donors (Lipinski definition) is 3. The fourth-order valence-electron chi connectivity index (χ4n) is 1.54. The lowest BCUT2D eigenvalue weighted by atomic mass is 10.0. The Morgan fingerprint density at radius 1 is 1.40 bits per heavy atom. The quantitative estimate of drug-likeness (QED) is 0.566. The first-order valence-corrected chi connectivity index (χ1v) is 5.23. The van der Waals surface area contributed by atoms with Gasteiger partial charge in [0.2, 0.25) is 11.8 Å². The van der Waals surface area contributed by atoms with Crippen molar-refractivity contribution in [3.63, 3.8) is 0 Å². The first-order valence-electron chi connectivity index (χ1n) is 5.23. The Labute approximate surface area is 89.6 Å². The number of nitrogens with one attached hydrogen (secondary N) is 1. The SMILES string of the molecule is CC(C)C(NC(=O)C1(CN)CC1)C(N)=O. The predicted molar refractivity (Wildman–Crippen MR) is 56.7 cm³/mol. The second-order valence-electron chi connectivity index (χ2n) is 4.58. The molecule has 86 valence electrons. The molecule has 0 radical (unpaired) electrons. The summed E-state index contributed by atoms with van der Waals surface area (Å²) in [5.74, 6) is -0.631. The van der Waals surface area contributed by atoms with Gasteiger partial charge in [-0.1, -0.05) is 13.8 Å². The topological polar surface area (TPSA) is 98.2 Å². The van der Waals surface area contributed by atoms with Gasteiger partial charge in [-0.25, -0.2) is 0 Å². The highest BCUT2D eigenvalue weighted by Gasteiger charge is 2.49. The van der Waals surface area contributed by atoms with E-state index in [-0.39, 0.29) is 11.8 Å². The largest absolute Gasteiger partial charge is 0.368 e. The molecule has 5 heteroatoms. The molecule has 1 fully saturated rings. The first-order chi connectivity index (χ1) is 6.93. The zero-order valence-electron chi connectivity index (χ0n) is 9.25. The molecule has 0 saturated heterocycles. The minimum Gasteiger partial charge on any atom is -0.368 e.